The van der Waals surface area contributed by atoms with Crippen LogP contribution in [0.3, 0.4) is 0 Å². The first kappa shape index (κ1) is 23.8. The lowest BCUT2D eigenvalue weighted by Crippen LogP contribution is -2.61. The maximum Gasteiger partial charge on any atom is 0.303 e. The van der Waals surface area contributed by atoms with E-state index < -0.39 is 65.9 Å². The van der Waals surface area contributed by atoms with E-state index in [0.29, 0.717) is 0 Å². The normalized spacial score (nSPS) is 26.6. The van der Waals surface area contributed by atoms with E-state index in [2.05, 4.69) is 10.0 Å². The van der Waals surface area contributed by atoms with Crippen LogP contribution in [0.1, 0.15) is 20.8 Å². The minimum Gasteiger partial charge on any atom is -0.463 e. The third kappa shape index (κ3) is 7.04. The fourth-order valence-corrected chi connectivity index (χ4v) is 2.44. The molecule has 0 radical (unpaired) electrons. The molecule has 1 N–H and O–H groups in total. The highest BCUT2D eigenvalue weighted by Gasteiger charge is 2.51. The number of ether oxygens (including phenoxy) is 5. The molecular weight excluding hydrogens is 423 g/mol. The number of azide groups is 1. The summed E-state index contributed by atoms with van der Waals surface area (Å²) in [5.41, 5.74) is 8.87. The number of nitrogens with zero attached hydrogens (tertiary/aromatic N) is 3. The van der Waals surface area contributed by atoms with Crippen molar-refractivity contribution in [2.45, 2.75) is 56.3 Å². The second-order valence-electron chi connectivity index (χ2n) is 5.47. The first-order valence-corrected chi connectivity index (χ1v) is 8.64. The van der Waals surface area contributed by atoms with E-state index in [1.165, 1.54) is 0 Å². The third-order valence-corrected chi connectivity index (χ3v) is 3.69. The molecule has 1 heterocycles. The number of halogens is 2. The van der Waals surface area contributed by atoms with Crippen molar-refractivity contribution in [3.8, 4) is 0 Å². The van der Waals surface area contributed by atoms with Crippen LogP contribution in [-0.4, -0.2) is 65.9 Å². The van der Waals surface area contributed by atoms with Crippen LogP contribution in [0.25, 0.3) is 10.4 Å². The van der Waals surface area contributed by atoms with Gasteiger partial charge in [-0.25, -0.2) is 0 Å². The van der Waals surface area contributed by atoms with Gasteiger partial charge in [-0.3, -0.25) is 19.8 Å². The number of esters is 3. The van der Waals surface area contributed by atoms with Crippen LogP contribution in [0.15, 0.2) is 5.11 Å². The van der Waals surface area contributed by atoms with Gasteiger partial charge >= 0.3 is 17.9 Å². The summed E-state index contributed by atoms with van der Waals surface area (Å²) in [7, 11) is 0. The summed E-state index contributed by atoms with van der Waals surface area (Å²) in [5, 5.41) is 11.1. The summed E-state index contributed by atoms with van der Waals surface area (Å²) in [5.74, 6) is -2.83. The van der Waals surface area contributed by atoms with E-state index in [-0.39, 0.29) is 0 Å². The first-order valence-electron chi connectivity index (χ1n) is 7.77. The molecule has 28 heavy (non-hydrogen) atoms. The van der Waals surface area contributed by atoms with E-state index in [1.807, 2.05) is 0 Å². The van der Waals surface area contributed by atoms with Gasteiger partial charge in [0.2, 0.25) is 12.2 Å². The molecule has 0 aromatic heterocycles. The molecule has 0 saturated carbocycles. The molecule has 0 amide bonds. The molecule has 0 bridgehead atoms. The van der Waals surface area contributed by atoms with Gasteiger partial charge in [0.25, 0.3) is 0 Å². The molecule has 12 nitrogen and oxygen atoms in total. The van der Waals surface area contributed by atoms with Crippen molar-refractivity contribution >= 4 is 47.0 Å². The molecule has 1 aliphatic heterocycles. The van der Waals surface area contributed by atoms with Crippen molar-refractivity contribution in [2.24, 2.45) is 5.11 Å². The van der Waals surface area contributed by atoms with Crippen LogP contribution < -0.4 is 0 Å². The number of alkyl halides is 2. The van der Waals surface area contributed by atoms with Crippen molar-refractivity contribution in [3.63, 3.8) is 0 Å². The van der Waals surface area contributed by atoms with Gasteiger partial charge in [-0.15, -0.1) is 0 Å². The average molecular weight is 441 g/mol. The number of hydrogen-bond donors (Lipinski definition) is 1. The van der Waals surface area contributed by atoms with Gasteiger partial charge in [-0.1, -0.05) is 28.3 Å². The summed E-state index contributed by atoms with van der Waals surface area (Å²) in [6, 6.07) is -1.38. The molecule has 1 fully saturated rings. The number of carbonyl (C=O) groups is 3. The number of carbonyl (C=O) groups excluding carboxylic acids is 3. The molecule has 1 rings (SSSR count). The Hall–Kier alpha value is -2.27. The minimum atomic E-state index is -1.50. The quantitative estimate of drug-likeness (QED) is 0.0908. The summed E-state index contributed by atoms with van der Waals surface area (Å²) in [4.78, 5) is 35.5. The van der Waals surface area contributed by atoms with Crippen LogP contribution in [0.4, 0.5) is 0 Å². The number of nitrogens with one attached hydrogen (secondary N) is 1. The second kappa shape index (κ2) is 10.9. The third-order valence-electron chi connectivity index (χ3n) is 3.30. The summed E-state index contributed by atoms with van der Waals surface area (Å²) < 4.78 is 25.9. The minimum absolute atomic E-state index is 0.410. The lowest BCUT2D eigenvalue weighted by Gasteiger charge is -2.43. The van der Waals surface area contributed by atoms with Gasteiger partial charge in [0.05, 0.1) is 0 Å². The zero-order valence-electron chi connectivity index (χ0n) is 15.0. The van der Waals surface area contributed by atoms with Crippen LogP contribution in [0.2, 0.25) is 0 Å². The topological polar surface area (TPSA) is 170 Å². The van der Waals surface area contributed by atoms with Crippen molar-refractivity contribution < 1.29 is 38.1 Å². The van der Waals surface area contributed by atoms with Crippen LogP contribution in [-0.2, 0) is 38.1 Å². The standard InChI is InChI=1S/C14H18Cl2N4O8/c1-5(21)24-4-8-10(25-6(2)22)11(26-7(3)23)9(19-20-18)14(27-8)28-13(17)12(15)16/h8-12,14,17H,4H2,1-3H3. The van der Waals surface area contributed by atoms with E-state index in [0.717, 1.165) is 20.8 Å². The van der Waals surface area contributed by atoms with Gasteiger partial charge in [-0.05, 0) is 5.53 Å². The Bertz CT molecular complexity index is 670. The molecule has 1 saturated heterocycles. The zero-order valence-corrected chi connectivity index (χ0v) is 16.5. The predicted octanol–water partition coefficient (Wildman–Crippen LogP) is 1.61. The predicted molar refractivity (Wildman–Crippen MR) is 93.6 cm³/mol. The van der Waals surface area contributed by atoms with Crippen LogP contribution >= 0.6 is 23.2 Å². The first-order chi connectivity index (χ1) is 13.1. The monoisotopic (exact) mass is 440 g/mol. The Morgan fingerprint density at radius 2 is 1.68 bits per heavy atom. The molecule has 0 spiro atoms. The van der Waals surface area contributed by atoms with Crippen molar-refractivity contribution in [2.75, 3.05) is 6.61 Å². The van der Waals surface area contributed by atoms with Crippen LogP contribution in [0, 0.1) is 5.41 Å². The van der Waals surface area contributed by atoms with Crippen molar-refractivity contribution in [1.29, 1.82) is 5.41 Å². The van der Waals surface area contributed by atoms with Crippen LogP contribution in [0.5, 0.6) is 0 Å². The SMILES string of the molecule is CC(=O)OCC1OC(OC(=N)C(Cl)Cl)C(N=[N+]=[N-])C(OC(C)=O)C1OC(C)=O. The maximum absolute atomic E-state index is 11.6. The fourth-order valence-electron chi connectivity index (χ4n) is 2.34. The molecule has 0 aromatic rings. The summed E-state index contributed by atoms with van der Waals surface area (Å²) in [6.45, 7) is 2.91. The van der Waals surface area contributed by atoms with E-state index in [9.17, 15) is 14.4 Å². The number of rotatable bonds is 7. The Morgan fingerprint density at radius 3 is 2.14 bits per heavy atom. The molecule has 14 heteroatoms. The molecular formula is C14H18Cl2N4O8. The maximum atomic E-state index is 11.6. The van der Waals surface area contributed by atoms with Crippen molar-refractivity contribution in [3.05, 3.63) is 10.4 Å². The lowest BCUT2D eigenvalue weighted by molar-refractivity contribution is -0.256. The highest BCUT2D eigenvalue weighted by molar-refractivity contribution is 6.53. The Labute approximate surface area is 169 Å². The van der Waals surface area contributed by atoms with E-state index in [4.69, 9.17) is 57.8 Å². The second-order valence-corrected chi connectivity index (χ2v) is 6.57. The van der Waals surface area contributed by atoms with Gasteiger partial charge in [0, 0.05) is 25.7 Å². The smallest absolute Gasteiger partial charge is 0.303 e. The fraction of sp³-hybridized carbons (Fsp3) is 0.714. The molecule has 0 aliphatic carbocycles. The van der Waals surface area contributed by atoms with Gasteiger partial charge < -0.3 is 23.7 Å². The highest BCUT2D eigenvalue weighted by Crippen LogP contribution is 2.30. The molecule has 0 aromatic carbocycles. The Kier molecular flexibility index (Phi) is 9.26. The lowest BCUT2D eigenvalue weighted by atomic mass is 9.97. The summed E-state index contributed by atoms with van der Waals surface area (Å²) >= 11 is 11.1. The van der Waals surface area contributed by atoms with E-state index >= 15 is 0 Å². The average Bonchev–Trinajstić information content (AvgIpc) is 2.57. The Balaban J connectivity index is 3.31. The summed E-state index contributed by atoms with van der Waals surface area (Å²) in [6.07, 6.45) is -5.34. The van der Waals surface area contributed by atoms with Gasteiger partial charge in [-0.2, -0.15) is 0 Å². The van der Waals surface area contributed by atoms with Gasteiger partial charge in [0.15, 0.2) is 17.0 Å². The van der Waals surface area contributed by atoms with Crippen molar-refractivity contribution in [1.82, 2.24) is 0 Å². The zero-order chi connectivity index (χ0) is 21.4. The van der Waals surface area contributed by atoms with E-state index in [1.54, 1.807) is 0 Å². The number of hydrogen-bond acceptors (Lipinski definition) is 10. The van der Waals surface area contributed by atoms with Gasteiger partial charge in [0.1, 0.15) is 18.8 Å². The largest absolute Gasteiger partial charge is 0.463 e. The Morgan fingerprint density at radius 1 is 1.11 bits per heavy atom. The molecule has 1 aliphatic rings. The highest BCUT2D eigenvalue weighted by atomic mass is 35.5. The molecule has 156 valence electrons. The molecule has 5 unspecified atom stereocenters. The molecule has 5 atom stereocenters.